The fourth-order valence-corrected chi connectivity index (χ4v) is 2.43. The van der Waals surface area contributed by atoms with E-state index < -0.39 is 0 Å². The van der Waals surface area contributed by atoms with Crippen molar-refractivity contribution in [3.63, 3.8) is 0 Å². The number of ether oxygens (including phenoxy) is 2. The summed E-state index contributed by atoms with van der Waals surface area (Å²) in [7, 11) is 3.35. The Morgan fingerprint density at radius 3 is 2.44 bits per heavy atom. The van der Waals surface area contributed by atoms with Gasteiger partial charge in [-0.05, 0) is 42.7 Å². The van der Waals surface area contributed by atoms with Gasteiger partial charge in [0, 0.05) is 12.7 Å². The largest absolute Gasteiger partial charge is 0.493 e. The van der Waals surface area contributed by atoms with Crippen LogP contribution in [0, 0.1) is 0 Å². The molecule has 0 fully saturated rings. The van der Waals surface area contributed by atoms with Crippen LogP contribution in [-0.2, 0) is 0 Å². The minimum absolute atomic E-state index is 0.379. The highest BCUT2D eigenvalue weighted by atomic mass is 16.5. The van der Waals surface area contributed by atoms with Gasteiger partial charge < -0.3 is 14.4 Å². The zero-order chi connectivity index (χ0) is 13.1. The molecule has 1 heterocycles. The topological polar surface area (TPSA) is 21.7 Å². The van der Waals surface area contributed by atoms with Crippen molar-refractivity contribution >= 4 is 6.08 Å². The molecule has 2 rings (SSSR count). The Morgan fingerprint density at radius 2 is 1.83 bits per heavy atom. The molecule has 0 saturated carbocycles. The third-order valence-corrected chi connectivity index (χ3v) is 3.46. The van der Waals surface area contributed by atoms with E-state index in [0.717, 1.165) is 24.5 Å². The first kappa shape index (κ1) is 12.8. The molecule has 1 aliphatic rings. The van der Waals surface area contributed by atoms with E-state index in [-0.39, 0.29) is 0 Å². The first-order valence-electron chi connectivity index (χ1n) is 6.41. The molecule has 0 radical (unpaired) electrons. The zero-order valence-electron chi connectivity index (χ0n) is 11.6. The summed E-state index contributed by atoms with van der Waals surface area (Å²) in [5.74, 6) is 1.59. The summed E-state index contributed by atoms with van der Waals surface area (Å²) in [6.07, 6.45) is 5.46. The lowest BCUT2D eigenvalue weighted by molar-refractivity contribution is 0.293. The van der Waals surface area contributed by atoms with Crippen LogP contribution in [0.25, 0.3) is 6.08 Å². The molecule has 1 unspecified atom stereocenters. The van der Waals surface area contributed by atoms with Gasteiger partial charge in [0.05, 0.1) is 20.3 Å². The summed E-state index contributed by atoms with van der Waals surface area (Å²) in [5, 5.41) is 0. The Balaban J connectivity index is 2.41. The second-order valence-corrected chi connectivity index (χ2v) is 4.57. The molecule has 1 atom stereocenters. The highest BCUT2D eigenvalue weighted by Crippen LogP contribution is 2.38. The molecule has 0 aromatic heterocycles. The van der Waals surface area contributed by atoms with Gasteiger partial charge in [0.15, 0.2) is 11.5 Å². The number of hydrogen-bond donors (Lipinski definition) is 0. The maximum Gasteiger partial charge on any atom is 0.161 e. The second kappa shape index (κ2) is 5.34. The van der Waals surface area contributed by atoms with Crippen molar-refractivity contribution in [2.75, 3.05) is 20.8 Å². The molecule has 0 amide bonds. The van der Waals surface area contributed by atoms with Crippen LogP contribution < -0.4 is 9.47 Å². The van der Waals surface area contributed by atoms with Gasteiger partial charge in [-0.3, -0.25) is 0 Å². The molecule has 98 valence electrons. The Hall–Kier alpha value is -1.64. The van der Waals surface area contributed by atoms with Crippen molar-refractivity contribution in [1.82, 2.24) is 4.90 Å². The molecule has 0 aliphatic carbocycles. The predicted octanol–water partition coefficient (Wildman–Crippen LogP) is 3.46. The van der Waals surface area contributed by atoms with Gasteiger partial charge in [0.2, 0.25) is 0 Å². The lowest BCUT2D eigenvalue weighted by Crippen LogP contribution is -2.25. The third-order valence-electron chi connectivity index (χ3n) is 3.46. The third kappa shape index (κ3) is 2.17. The maximum atomic E-state index is 5.38. The first-order valence-corrected chi connectivity index (χ1v) is 6.41. The van der Waals surface area contributed by atoms with Crippen molar-refractivity contribution in [2.24, 2.45) is 0 Å². The molecule has 0 saturated heterocycles. The highest BCUT2D eigenvalue weighted by molar-refractivity contribution is 5.62. The van der Waals surface area contributed by atoms with Crippen molar-refractivity contribution in [3.05, 3.63) is 29.5 Å². The predicted molar refractivity (Wildman–Crippen MR) is 74.0 cm³/mol. The van der Waals surface area contributed by atoms with Crippen LogP contribution >= 0.6 is 0 Å². The zero-order valence-corrected chi connectivity index (χ0v) is 11.6. The second-order valence-electron chi connectivity index (χ2n) is 4.57. The Morgan fingerprint density at radius 1 is 1.17 bits per heavy atom. The van der Waals surface area contributed by atoms with Crippen molar-refractivity contribution in [1.29, 1.82) is 0 Å². The van der Waals surface area contributed by atoms with Crippen LogP contribution in [0.15, 0.2) is 18.3 Å². The molecule has 0 N–H and O–H groups in total. The molecule has 3 heteroatoms. The van der Waals surface area contributed by atoms with Crippen LogP contribution in [0.3, 0.4) is 0 Å². The Kier molecular flexibility index (Phi) is 3.80. The van der Waals surface area contributed by atoms with Gasteiger partial charge in [-0.15, -0.1) is 0 Å². The minimum Gasteiger partial charge on any atom is -0.493 e. The van der Waals surface area contributed by atoms with Crippen LogP contribution in [0.4, 0.5) is 0 Å². The lowest BCUT2D eigenvalue weighted by Gasteiger charge is -2.32. The maximum absolute atomic E-state index is 5.38. The number of hydrogen-bond acceptors (Lipinski definition) is 3. The molecule has 0 bridgehead atoms. The van der Waals surface area contributed by atoms with E-state index in [2.05, 4.69) is 37.1 Å². The number of nitrogens with zero attached hydrogens (tertiary/aromatic N) is 1. The van der Waals surface area contributed by atoms with Crippen molar-refractivity contribution < 1.29 is 9.47 Å². The normalized spacial score (nSPS) is 17.6. The molecule has 1 aliphatic heterocycles. The van der Waals surface area contributed by atoms with E-state index in [0.29, 0.717) is 6.04 Å². The van der Waals surface area contributed by atoms with E-state index in [4.69, 9.17) is 9.47 Å². The summed E-state index contributed by atoms with van der Waals surface area (Å²) in [6.45, 7) is 5.50. The van der Waals surface area contributed by atoms with Gasteiger partial charge in [-0.1, -0.05) is 6.92 Å². The summed E-state index contributed by atoms with van der Waals surface area (Å²) in [4.78, 5) is 2.36. The molecular weight excluding hydrogens is 226 g/mol. The molecule has 1 aromatic rings. The number of fused-ring (bicyclic) bond motifs is 1. The van der Waals surface area contributed by atoms with E-state index in [9.17, 15) is 0 Å². The van der Waals surface area contributed by atoms with Gasteiger partial charge in [-0.2, -0.15) is 0 Å². The van der Waals surface area contributed by atoms with E-state index in [1.165, 1.54) is 11.1 Å². The number of benzene rings is 1. The quantitative estimate of drug-likeness (QED) is 0.813. The van der Waals surface area contributed by atoms with E-state index in [1.54, 1.807) is 14.2 Å². The first-order chi connectivity index (χ1) is 8.71. The average Bonchev–Trinajstić information content (AvgIpc) is 2.41. The molecule has 18 heavy (non-hydrogen) atoms. The standard InChI is InChI=1S/C15H21NO2/c1-5-7-16-8-6-12-9-14(17-3)15(18-4)10-13(12)11(16)2/h6,8-11H,5,7H2,1-4H3. The Bertz CT molecular complexity index is 454. The molecule has 0 spiro atoms. The van der Waals surface area contributed by atoms with Crippen LogP contribution in [0.5, 0.6) is 11.5 Å². The van der Waals surface area contributed by atoms with Crippen molar-refractivity contribution in [2.45, 2.75) is 26.3 Å². The van der Waals surface area contributed by atoms with Gasteiger partial charge in [0.25, 0.3) is 0 Å². The number of rotatable bonds is 4. The fraction of sp³-hybridized carbons (Fsp3) is 0.467. The van der Waals surface area contributed by atoms with Crippen molar-refractivity contribution in [3.8, 4) is 11.5 Å². The van der Waals surface area contributed by atoms with Gasteiger partial charge in [-0.25, -0.2) is 0 Å². The van der Waals surface area contributed by atoms with Gasteiger partial charge >= 0.3 is 0 Å². The average molecular weight is 247 g/mol. The van der Waals surface area contributed by atoms with Crippen LogP contribution in [0.1, 0.15) is 37.4 Å². The SMILES string of the molecule is CCCN1C=Cc2cc(OC)c(OC)cc2C1C. The smallest absolute Gasteiger partial charge is 0.161 e. The lowest BCUT2D eigenvalue weighted by atomic mass is 9.96. The summed E-state index contributed by atoms with van der Waals surface area (Å²) >= 11 is 0. The molecular formula is C15H21NO2. The monoisotopic (exact) mass is 247 g/mol. The van der Waals surface area contributed by atoms with Crippen LogP contribution in [0.2, 0.25) is 0 Å². The fourth-order valence-electron chi connectivity index (χ4n) is 2.43. The van der Waals surface area contributed by atoms with E-state index in [1.807, 2.05) is 6.07 Å². The minimum atomic E-state index is 0.379. The Labute approximate surface area is 109 Å². The highest BCUT2D eigenvalue weighted by Gasteiger charge is 2.21. The summed E-state index contributed by atoms with van der Waals surface area (Å²) < 4.78 is 10.7. The number of methoxy groups -OCH3 is 2. The molecule has 1 aromatic carbocycles. The molecule has 3 nitrogen and oxygen atoms in total. The summed E-state index contributed by atoms with van der Waals surface area (Å²) in [5.41, 5.74) is 2.51. The van der Waals surface area contributed by atoms with Crippen LogP contribution in [-0.4, -0.2) is 25.7 Å². The summed E-state index contributed by atoms with van der Waals surface area (Å²) in [6, 6.07) is 4.51. The van der Waals surface area contributed by atoms with Gasteiger partial charge in [0.1, 0.15) is 0 Å². The van der Waals surface area contributed by atoms with E-state index >= 15 is 0 Å².